The molecule has 0 saturated carbocycles. The van der Waals surface area contributed by atoms with E-state index in [2.05, 4.69) is 5.32 Å². The van der Waals surface area contributed by atoms with Crippen LogP contribution in [0.5, 0.6) is 0 Å². The molecule has 17 heavy (non-hydrogen) atoms. The molecule has 0 aliphatic carbocycles. The number of nitrogens with zero attached hydrogens (tertiary/aromatic N) is 3. The number of ether oxygens (including phenoxy) is 1. The molecule has 0 atom stereocenters. The first-order valence-electron chi connectivity index (χ1n) is 5.37. The van der Waals surface area contributed by atoms with Gasteiger partial charge in [0.25, 0.3) is 0 Å². The van der Waals surface area contributed by atoms with E-state index in [-0.39, 0.29) is 12.8 Å². The van der Waals surface area contributed by atoms with E-state index in [0.717, 1.165) is 12.0 Å². The van der Waals surface area contributed by atoms with Gasteiger partial charge in [0.2, 0.25) is 0 Å². The van der Waals surface area contributed by atoms with E-state index in [9.17, 15) is 9.59 Å². The average molecular weight is 240 g/mol. The van der Waals surface area contributed by atoms with E-state index in [4.69, 9.17) is 4.74 Å². The van der Waals surface area contributed by atoms with Crippen molar-refractivity contribution in [3.63, 3.8) is 0 Å². The normalized spacial score (nSPS) is 21.1. The van der Waals surface area contributed by atoms with Crippen molar-refractivity contribution in [1.82, 2.24) is 20.0 Å². The van der Waals surface area contributed by atoms with Gasteiger partial charge in [-0.25, -0.2) is 4.79 Å². The van der Waals surface area contributed by atoms with Gasteiger partial charge in [-0.05, 0) is 0 Å². The predicted octanol–water partition coefficient (Wildman–Crippen LogP) is -0.812. The third-order valence-corrected chi connectivity index (χ3v) is 2.86. The second-order valence-electron chi connectivity index (χ2n) is 4.04. The Bertz CT molecular complexity index is 369. The lowest BCUT2D eigenvalue weighted by Crippen LogP contribution is -2.43. The first kappa shape index (κ1) is 11.7. The highest BCUT2D eigenvalue weighted by atomic mass is 16.5. The fourth-order valence-electron chi connectivity index (χ4n) is 1.94. The Balaban J connectivity index is 2.26. The SMILES string of the molecule is CN1COCC2=C(NCN2CC=O)N(C)C1=O. The molecule has 2 heterocycles. The highest BCUT2D eigenvalue weighted by Crippen LogP contribution is 2.20. The number of carbonyl (C=O) groups is 2. The van der Waals surface area contributed by atoms with E-state index >= 15 is 0 Å². The fourth-order valence-corrected chi connectivity index (χ4v) is 1.94. The Morgan fingerprint density at radius 2 is 2.24 bits per heavy atom. The molecule has 2 rings (SSSR count). The summed E-state index contributed by atoms with van der Waals surface area (Å²) in [7, 11) is 3.39. The number of aldehydes is 1. The Kier molecular flexibility index (Phi) is 3.19. The molecule has 7 heteroatoms. The van der Waals surface area contributed by atoms with Gasteiger partial charge in [0.05, 0.1) is 25.5 Å². The van der Waals surface area contributed by atoms with Crippen LogP contribution < -0.4 is 5.32 Å². The molecule has 94 valence electrons. The fraction of sp³-hybridized carbons (Fsp3) is 0.600. The Morgan fingerprint density at radius 1 is 1.47 bits per heavy atom. The number of hydrogen-bond acceptors (Lipinski definition) is 5. The molecule has 2 aliphatic heterocycles. The monoisotopic (exact) mass is 240 g/mol. The van der Waals surface area contributed by atoms with Crippen molar-refractivity contribution in [3.8, 4) is 0 Å². The predicted molar refractivity (Wildman–Crippen MR) is 59.5 cm³/mol. The van der Waals surface area contributed by atoms with E-state index in [1.54, 1.807) is 19.0 Å². The molecule has 2 amide bonds. The molecule has 2 aliphatic rings. The average Bonchev–Trinajstić information content (AvgIpc) is 2.70. The molecule has 0 aromatic heterocycles. The van der Waals surface area contributed by atoms with E-state index < -0.39 is 0 Å². The molecule has 0 aromatic rings. The van der Waals surface area contributed by atoms with Gasteiger partial charge in [0.1, 0.15) is 18.8 Å². The number of amides is 2. The van der Waals surface area contributed by atoms with Gasteiger partial charge in [0.15, 0.2) is 0 Å². The van der Waals surface area contributed by atoms with Crippen molar-refractivity contribution in [1.29, 1.82) is 0 Å². The van der Waals surface area contributed by atoms with Gasteiger partial charge in [-0.2, -0.15) is 0 Å². The summed E-state index contributed by atoms with van der Waals surface area (Å²) in [4.78, 5) is 27.4. The van der Waals surface area contributed by atoms with Gasteiger partial charge >= 0.3 is 6.03 Å². The molecule has 0 saturated heterocycles. The van der Waals surface area contributed by atoms with Crippen LogP contribution in [0.15, 0.2) is 11.5 Å². The molecular formula is C10H16N4O3. The summed E-state index contributed by atoms with van der Waals surface area (Å²) in [6.07, 6.45) is 0.838. The van der Waals surface area contributed by atoms with Crippen LogP contribution in [-0.4, -0.2) is 67.7 Å². The van der Waals surface area contributed by atoms with Crippen molar-refractivity contribution in [2.45, 2.75) is 0 Å². The van der Waals surface area contributed by atoms with Crippen LogP contribution in [-0.2, 0) is 9.53 Å². The van der Waals surface area contributed by atoms with Crippen molar-refractivity contribution in [2.75, 3.05) is 40.6 Å². The molecule has 1 N–H and O–H groups in total. The van der Waals surface area contributed by atoms with Crippen molar-refractivity contribution >= 4 is 12.3 Å². The quantitative estimate of drug-likeness (QED) is 0.639. The number of nitrogens with one attached hydrogen (secondary N) is 1. The molecule has 0 unspecified atom stereocenters. The summed E-state index contributed by atoms with van der Waals surface area (Å²) in [5, 5.41) is 3.11. The maximum atomic E-state index is 11.9. The molecular weight excluding hydrogens is 224 g/mol. The summed E-state index contributed by atoms with van der Waals surface area (Å²) < 4.78 is 5.42. The lowest BCUT2D eigenvalue weighted by molar-refractivity contribution is -0.108. The van der Waals surface area contributed by atoms with Gasteiger partial charge in [0, 0.05) is 14.1 Å². The summed E-state index contributed by atoms with van der Waals surface area (Å²) >= 11 is 0. The minimum Gasteiger partial charge on any atom is -0.355 e. The zero-order chi connectivity index (χ0) is 12.4. The highest BCUT2D eigenvalue weighted by molar-refractivity contribution is 5.76. The largest absolute Gasteiger partial charge is 0.355 e. The Morgan fingerprint density at radius 3 is 2.94 bits per heavy atom. The van der Waals surface area contributed by atoms with E-state index in [0.29, 0.717) is 25.6 Å². The van der Waals surface area contributed by atoms with Crippen molar-refractivity contribution in [3.05, 3.63) is 11.5 Å². The number of rotatable bonds is 2. The van der Waals surface area contributed by atoms with Crippen LogP contribution in [0, 0.1) is 0 Å². The number of hydrogen-bond donors (Lipinski definition) is 1. The van der Waals surface area contributed by atoms with Crippen molar-refractivity contribution < 1.29 is 14.3 Å². The summed E-state index contributed by atoms with van der Waals surface area (Å²) in [6.45, 7) is 1.45. The van der Waals surface area contributed by atoms with Crippen LogP contribution >= 0.6 is 0 Å². The topological polar surface area (TPSA) is 65.1 Å². The second-order valence-corrected chi connectivity index (χ2v) is 4.04. The number of urea groups is 1. The molecule has 0 bridgehead atoms. The van der Waals surface area contributed by atoms with E-state index in [1.807, 2.05) is 4.90 Å². The first-order chi connectivity index (χ1) is 8.15. The lowest BCUT2D eigenvalue weighted by Gasteiger charge is -2.29. The van der Waals surface area contributed by atoms with Crippen LogP contribution in [0.25, 0.3) is 0 Å². The second kappa shape index (κ2) is 4.62. The van der Waals surface area contributed by atoms with Crippen molar-refractivity contribution in [2.24, 2.45) is 0 Å². The van der Waals surface area contributed by atoms with Gasteiger partial charge < -0.3 is 24.6 Å². The lowest BCUT2D eigenvalue weighted by atomic mass is 10.4. The highest BCUT2D eigenvalue weighted by Gasteiger charge is 2.30. The third-order valence-electron chi connectivity index (χ3n) is 2.86. The minimum atomic E-state index is -0.141. The van der Waals surface area contributed by atoms with Crippen LogP contribution in [0.2, 0.25) is 0 Å². The zero-order valence-corrected chi connectivity index (χ0v) is 9.97. The summed E-state index contributed by atoms with van der Waals surface area (Å²) in [6, 6.07) is -0.141. The molecule has 0 fully saturated rings. The smallest absolute Gasteiger partial charge is 0.326 e. The minimum absolute atomic E-state index is 0.141. The van der Waals surface area contributed by atoms with Crippen LogP contribution in [0.1, 0.15) is 0 Å². The van der Waals surface area contributed by atoms with Gasteiger partial charge in [-0.3, -0.25) is 4.90 Å². The maximum absolute atomic E-state index is 11.9. The summed E-state index contributed by atoms with van der Waals surface area (Å²) in [5.41, 5.74) is 0.848. The van der Waals surface area contributed by atoms with Gasteiger partial charge in [-0.1, -0.05) is 0 Å². The van der Waals surface area contributed by atoms with E-state index in [1.165, 1.54) is 4.90 Å². The van der Waals surface area contributed by atoms with Crippen LogP contribution in [0.4, 0.5) is 4.79 Å². The molecule has 0 radical (unpaired) electrons. The van der Waals surface area contributed by atoms with Crippen LogP contribution in [0.3, 0.4) is 0 Å². The maximum Gasteiger partial charge on any atom is 0.326 e. The first-order valence-corrected chi connectivity index (χ1v) is 5.37. The Labute approximate surface area is 99.6 Å². The van der Waals surface area contributed by atoms with Gasteiger partial charge in [-0.15, -0.1) is 0 Å². The molecule has 0 aromatic carbocycles. The standard InChI is InChI=1S/C10H16N4O3/c1-12-7-17-5-8-9(13(2)10(12)16)11-6-14(8)3-4-15/h4,11H,3,5-7H2,1-2H3. The molecule has 7 nitrogen and oxygen atoms in total. The molecule has 0 spiro atoms. The Hall–Kier alpha value is -1.76. The number of carbonyl (C=O) groups excluding carboxylic acids is 2. The third kappa shape index (κ3) is 2.05. The summed E-state index contributed by atoms with van der Waals surface area (Å²) in [5.74, 6) is 0.711. The zero-order valence-electron chi connectivity index (χ0n) is 9.97.